The lowest BCUT2D eigenvalue weighted by Gasteiger charge is -2.09. The molecule has 0 atom stereocenters. The molecule has 0 spiro atoms. The summed E-state index contributed by atoms with van der Waals surface area (Å²) in [5, 5.41) is -1.23. The van der Waals surface area contributed by atoms with Crippen LogP contribution in [0.25, 0.3) is 0 Å². The Labute approximate surface area is 72.5 Å². The summed E-state index contributed by atoms with van der Waals surface area (Å²) in [6, 6.07) is 0.470. The summed E-state index contributed by atoms with van der Waals surface area (Å²) < 4.78 is 49.6. The second-order valence-electron chi connectivity index (χ2n) is 2.67. The summed E-state index contributed by atoms with van der Waals surface area (Å²) in [5.74, 6) is -2.35. The Balaban J connectivity index is 3.41. The Hall–Kier alpha value is -1.26. The van der Waals surface area contributed by atoms with Gasteiger partial charge in [0.15, 0.2) is 11.6 Å². The van der Waals surface area contributed by atoms with Crippen molar-refractivity contribution in [3.8, 4) is 0 Å². The summed E-state index contributed by atoms with van der Waals surface area (Å²) in [6.07, 6.45) is 0. The standard InChI is InChI=1S/C8H7F4N/c1-4-5(2)8(10)6(9)3-7(4)13(11)12/h3H,1-2H3. The lowest BCUT2D eigenvalue weighted by Crippen LogP contribution is -2.03. The number of halogens is 4. The maximum Gasteiger partial charge on any atom is 0.162 e. The molecule has 0 heterocycles. The second kappa shape index (κ2) is 3.24. The first-order chi connectivity index (χ1) is 5.95. The van der Waals surface area contributed by atoms with E-state index >= 15 is 0 Å². The van der Waals surface area contributed by atoms with Gasteiger partial charge in [-0.25, -0.2) is 8.78 Å². The van der Waals surface area contributed by atoms with Gasteiger partial charge >= 0.3 is 0 Å². The summed E-state index contributed by atoms with van der Waals surface area (Å²) in [6.45, 7) is 2.56. The molecule has 72 valence electrons. The van der Waals surface area contributed by atoms with Crippen LogP contribution < -0.4 is 5.34 Å². The normalized spacial score (nSPS) is 10.3. The first-order valence-electron chi connectivity index (χ1n) is 3.52. The highest BCUT2D eigenvalue weighted by atomic mass is 19.4. The zero-order valence-electron chi connectivity index (χ0n) is 7.04. The van der Waals surface area contributed by atoms with Crippen LogP contribution in [0.2, 0.25) is 0 Å². The van der Waals surface area contributed by atoms with Crippen LogP contribution >= 0.6 is 0 Å². The monoisotopic (exact) mass is 193 g/mol. The number of hydrogen-bond acceptors (Lipinski definition) is 1. The maximum atomic E-state index is 12.8. The summed E-state index contributed by atoms with van der Waals surface area (Å²) >= 11 is 0. The van der Waals surface area contributed by atoms with Crippen LogP contribution in [0.1, 0.15) is 11.1 Å². The van der Waals surface area contributed by atoms with Crippen LogP contribution in [0, 0.1) is 25.5 Å². The molecule has 0 saturated carbocycles. The van der Waals surface area contributed by atoms with E-state index in [9.17, 15) is 17.7 Å². The summed E-state index contributed by atoms with van der Waals surface area (Å²) in [5.41, 5.74) is -0.685. The highest BCUT2D eigenvalue weighted by Gasteiger charge is 2.16. The van der Waals surface area contributed by atoms with Crippen LogP contribution in [-0.4, -0.2) is 0 Å². The van der Waals surface area contributed by atoms with Crippen molar-refractivity contribution in [3.05, 3.63) is 28.8 Å². The molecule has 0 aromatic heterocycles. The lowest BCUT2D eigenvalue weighted by atomic mass is 10.1. The molecule has 1 aromatic carbocycles. The van der Waals surface area contributed by atoms with E-state index in [1.807, 2.05) is 0 Å². The van der Waals surface area contributed by atoms with Crippen LogP contribution in [0.5, 0.6) is 0 Å². The highest BCUT2D eigenvalue weighted by molar-refractivity contribution is 5.53. The predicted octanol–water partition coefficient (Wildman–Crippen LogP) is 3.16. The molecular formula is C8H7F4N. The average molecular weight is 193 g/mol. The third kappa shape index (κ3) is 1.59. The molecule has 1 rings (SSSR count). The molecule has 0 unspecified atom stereocenters. The first-order valence-corrected chi connectivity index (χ1v) is 3.52. The van der Waals surface area contributed by atoms with Crippen molar-refractivity contribution in [2.75, 3.05) is 5.34 Å². The van der Waals surface area contributed by atoms with Gasteiger partial charge in [0.2, 0.25) is 0 Å². The van der Waals surface area contributed by atoms with Crippen molar-refractivity contribution in [2.24, 2.45) is 0 Å². The molecule has 0 fully saturated rings. The summed E-state index contributed by atoms with van der Waals surface area (Å²) in [7, 11) is 0. The predicted molar refractivity (Wildman–Crippen MR) is 40.5 cm³/mol. The van der Waals surface area contributed by atoms with E-state index in [2.05, 4.69) is 0 Å². The van der Waals surface area contributed by atoms with E-state index in [4.69, 9.17) is 0 Å². The minimum absolute atomic E-state index is 0.0314. The fourth-order valence-electron chi connectivity index (χ4n) is 1.00. The van der Waals surface area contributed by atoms with Crippen LogP contribution in [0.3, 0.4) is 0 Å². The van der Waals surface area contributed by atoms with E-state index < -0.39 is 22.7 Å². The van der Waals surface area contributed by atoms with Gasteiger partial charge in [0, 0.05) is 6.07 Å². The maximum absolute atomic E-state index is 12.8. The van der Waals surface area contributed by atoms with Crippen LogP contribution in [0.4, 0.5) is 23.4 Å². The average Bonchev–Trinajstić information content (AvgIpc) is 2.07. The van der Waals surface area contributed by atoms with Gasteiger partial charge in [0.1, 0.15) is 5.69 Å². The van der Waals surface area contributed by atoms with E-state index in [0.717, 1.165) is 0 Å². The Morgan fingerprint density at radius 1 is 1.08 bits per heavy atom. The molecule has 0 bridgehead atoms. The SMILES string of the molecule is Cc1c(N(F)F)cc(F)c(F)c1C. The van der Waals surface area contributed by atoms with Crippen LogP contribution in [0.15, 0.2) is 6.07 Å². The minimum atomic E-state index is -1.27. The molecule has 0 saturated heterocycles. The number of benzene rings is 1. The van der Waals surface area contributed by atoms with Gasteiger partial charge in [0.05, 0.1) is 0 Å². The van der Waals surface area contributed by atoms with Gasteiger partial charge in [-0.05, 0) is 30.3 Å². The fraction of sp³-hybridized carbons (Fsp3) is 0.250. The quantitative estimate of drug-likeness (QED) is 0.489. The molecule has 13 heavy (non-hydrogen) atoms. The number of hydrogen-bond donors (Lipinski definition) is 0. The second-order valence-corrected chi connectivity index (χ2v) is 2.67. The van der Waals surface area contributed by atoms with Crippen molar-refractivity contribution in [2.45, 2.75) is 13.8 Å². The van der Waals surface area contributed by atoms with Crippen molar-refractivity contribution in [1.29, 1.82) is 0 Å². The first kappa shape index (κ1) is 9.83. The zero-order chi connectivity index (χ0) is 10.2. The molecule has 0 aliphatic rings. The lowest BCUT2D eigenvalue weighted by molar-refractivity contribution is 0.233. The van der Waals surface area contributed by atoms with Gasteiger partial charge in [-0.1, -0.05) is 8.96 Å². The molecule has 0 N–H and O–H groups in total. The Bertz CT molecular complexity index is 335. The van der Waals surface area contributed by atoms with Gasteiger partial charge < -0.3 is 0 Å². The number of nitrogens with zero attached hydrogens (tertiary/aromatic N) is 1. The number of anilines is 1. The Morgan fingerprint density at radius 3 is 2.08 bits per heavy atom. The molecule has 0 radical (unpaired) electrons. The van der Waals surface area contributed by atoms with Crippen molar-refractivity contribution >= 4 is 5.69 Å². The molecule has 0 amide bonds. The number of rotatable bonds is 1. The van der Waals surface area contributed by atoms with Gasteiger partial charge in [-0.2, -0.15) is 0 Å². The van der Waals surface area contributed by atoms with Gasteiger partial charge in [0.25, 0.3) is 0 Å². The third-order valence-electron chi connectivity index (χ3n) is 1.93. The smallest absolute Gasteiger partial charge is 0.162 e. The van der Waals surface area contributed by atoms with Crippen LogP contribution in [-0.2, 0) is 0 Å². The minimum Gasteiger partial charge on any atom is -0.204 e. The Kier molecular flexibility index (Phi) is 2.45. The highest BCUT2D eigenvalue weighted by Crippen LogP contribution is 2.27. The van der Waals surface area contributed by atoms with Gasteiger partial charge in [-0.15, -0.1) is 0 Å². The van der Waals surface area contributed by atoms with E-state index in [1.165, 1.54) is 13.8 Å². The molecule has 5 heteroatoms. The Morgan fingerprint density at radius 2 is 1.62 bits per heavy atom. The van der Waals surface area contributed by atoms with Crippen molar-refractivity contribution in [1.82, 2.24) is 0 Å². The topological polar surface area (TPSA) is 3.24 Å². The zero-order valence-corrected chi connectivity index (χ0v) is 7.04. The molecule has 1 nitrogen and oxygen atoms in total. The third-order valence-corrected chi connectivity index (χ3v) is 1.93. The van der Waals surface area contributed by atoms with E-state index in [-0.39, 0.29) is 11.1 Å². The van der Waals surface area contributed by atoms with E-state index in [1.54, 1.807) is 0 Å². The summed E-state index contributed by atoms with van der Waals surface area (Å²) in [4.78, 5) is 0. The van der Waals surface area contributed by atoms with Crippen molar-refractivity contribution in [3.63, 3.8) is 0 Å². The van der Waals surface area contributed by atoms with E-state index in [0.29, 0.717) is 6.07 Å². The molecular weight excluding hydrogens is 186 g/mol. The largest absolute Gasteiger partial charge is 0.204 e. The fourth-order valence-corrected chi connectivity index (χ4v) is 1.00. The molecule has 1 aromatic rings. The van der Waals surface area contributed by atoms with Crippen molar-refractivity contribution < 1.29 is 17.7 Å². The molecule has 0 aliphatic carbocycles. The van der Waals surface area contributed by atoms with Gasteiger partial charge in [-0.3, -0.25) is 0 Å². The molecule has 0 aliphatic heterocycles.